The van der Waals surface area contributed by atoms with Gasteiger partial charge in [-0.15, -0.1) is 0 Å². The van der Waals surface area contributed by atoms with Crippen molar-refractivity contribution in [2.75, 3.05) is 5.32 Å². The van der Waals surface area contributed by atoms with Crippen LogP contribution >= 0.6 is 11.6 Å². The third kappa shape index (κ3) is 4.16. The van der Waals surface area contributed by atoms with E-state index in [9.17, 15) is 13.6 Å². The second-order valence-corrected chi connectivity index (χ2v) is 4.77. The fourth-order valence-corrected chi connectivity index (χ4v) is 1.81. The van der Waals surface area contributed by atoms with Crippen molar-refractivity contribution in [3.8, 4) is 5.75 Å². The van der Waals surface area contributed by atoms with Crippen LogP contribution in [-0.4, -0.2) is 12.0 Å². The van der Waals surface area contributed by atoms with E-state index in [-0.39, 0.29) is 5.69 Å². The van der Waals surface area contributed by atoms with Gasteiger partial charge in [0.2, 0.25) is 0 Å². The standard InChI is InChI=1S/C15H12ClF2NO2/c1-9(21-12-4-2-3-10(16)7-12)15(20)19-14-8-11(17)5-6-13(14)18/h2-9H,1H3,(H,19,20)/t9-/m1/s1. The van der Waals surface area contributed by atoms with E-state index < -0.39 is 23.6 Å². The highest BCUT2D eigenvalue weighted by atomic mass is 35.5. The summed E-state index contributed by atoms with van der Waals surface area (Å²) in [5, 5.41) is 2.74. The second kappa shape index (κ2) is 6.54. The van der Waals surface area contributed by atoms with Crippen molar-refractivity contribution >= 4 is 23.2 Å². The molecule has 0 radical (unpaired) electrons. The van der Waals surface area contributed by atoms with E-state index in [0.717, 1.165) is 18.2 Å². The number of halogens is 3. The fraction of sp³-hybridized carbons (Fsp3) is 0.133. The van der Waals surface area contributed by atoms with Crippen molar-refractivity contribution < 1.29 is 18.3 Å². The number of carbonyl (C=O) groups excluding carboxylic acids is 1. The summed E-state index contributed by atoms with van der Waals surface area (Å²) in [6, 6.07) is 9.34. The normalized spacial score (nSPS) is 11.8. The topological polar surface area (TPSA) is 38.3 Å². The summed E-state index contributed by atoms with van der Waals surface area (Å²) in [5.74, 6) is -1.56. The van der Waals surface area contributed by atoms with E-state index in [1.165, 1.54) is 6.92 Å². The summed E-state index contributed by atoms with van der Waals surface area (Å²) >= 11 is 5.80. The lowest BCUT2D eigenvalue weighted by Gasteiger charge is -2.15. The summed E-state index contributed by atoms with van der Waals surface area (Å²) in [4.78, 5) is 11.9. The largest absolute Gasteiger partial charge is 0.481 e. The lowest BCUT2D eigenvalue weighted by atomic mass is 10.2. The molecule has 1 N–H and O–H groups in total. The molecule has 0 aliphatic heterocycles. The number of ether oxygens (including phenoxy) is 1. The van der Waals surface area contributed by atoms with E-state index in [2.05, 4.69) is 5.32 Å². The van der Waals surface area contributed by atoms with Crippen LogP contribution in [0.25, 0.3) is 0 Å². The van der Waals surface area contributed by atoms with Crippen molar-refractivity contribution in [3.63, 3.8) is 0 Å². The van der Waals surface area contributed by atoms with Gasteiger partial charge in [0.05, 0.1) is 5.69 Å². The Bertz CT molecular complexity index is 664. The summed E-state index contributed by atoms with van der Waals surface area (Å²) in [5.41, 5.74) is -0.235. The molecule has 6 heteroatoms. The first kappa shape index (κ1) is 15.3. The Labute approximate surface area is 125 Å². The van der Waals surface area contributed by atoms with Gasteiger partial charge in [-0.1, -0.05) is 17.7 Å². The van der Waals surface area contributed by atoms with Crippen LogP contribution in [0.15, 0.2) is 42.5 Å². The summed E-state index contributed by atoms with van der Waals surface area (Å²) in [7, 11) is 0. The molecule has 2 rings (SSSR count). The molecular weight excluding hydrogens is 300 g/mol. The maximum absolute atomic E-state index is 13.4. The van der Waals surface area contributed by atoms with Crippen molar-refractivity contribution in [2.24, 2.45) is 0 Å². The van der Waals surface area contributed by atoms with Crippen molar-refractivity contribution in [3.05, 3.63) is 59.1 Å². The van der Waals surface area contributed by atoms with E-state index in [1.54, 1.807) is 24.3 Å². The van der Waals surface area contributed by atoms with Crippen molar-refractivity contribution in [1.29, 1.82) is 0 Å². The molecule has 0 saturated heterocycles. The van der Waals surface area contributed by atoms with Gasteiger partial charge in [0.25, 0.3) is 5.91 Å². The molecule has 0 heterocycles. The highest BCUT2D eigenvalue weighted by Crippen LogP contribution is 2.19. The fourth-order valence-electron chi connectivity index (χ4n) is 1.63. The van der Waals surface area contributed by atoms with Gasteiger partial charge in [-0.25, -0.2) is 8.78 Å². The van der Waals surface area contributed by atoms with Crippen LogP contribution in [-0.2, 0) is 4.79 Å². The van der Waals surface area contributed by atoms with Crippen LogP contribution in [0, 0.1) is 11.6 Å². The van der Waals surface area contributed by atoms with E-state index in [0.29, 0.717) is 10.8 Å². The number of rotatable bonds is 4. The van der Waals surface area contributed by atoms with Gasteiger partial charge in [-0.05, 0) is 37.3 Å². The van der Waals surface area contributed by atoms with Crippen LogP contribution < -0.4 is 10.1 Å². The molecule has 2 aromatic rings. The molecule has 3 nitrogen and oxygen atoms in total. The van der Waals surface area contributed by atoms with Gasteiger partial charge in [0, 0.05) is 11.1 Å². The van der Waals surface area contributed by atoms with Gasteiger partial charge in [-0.3, -0.25) is 4.79 Å². The van der Waals surface area contributed by atoms with Gasteiger partial charge in [0.15, 0.2) is 6.10 Å². The lowest BCUT2D eigenvalue weighted by molar-refractivity contribution is -0.122. The molecule has 21 heavy (non-hydrogen) atoms. The maximum Gasteiger partial charge on any atom is 0.265 e. The molecule has 110 valence electrons. The molecule has 0 aliphatic rings. The Hall–Kier alpha value is -2.14. The molecule has 1 amide bonds. The Morgan fingerprint density at radius 2 is 2.00 bits per heavy atom. The Kier molecular flexibility index (Phi) is 4.75. The zero-order valence-electron chi connectivity index (χ0n) is 11.1. The van der Waals surface area contributed by atoms with Crippen molar-refractivity contribution in [1.82, 2.24) is 0 Å². The Balaban J connectivity index is 2.04. The molecule has 0 aliphatic carbocycles. The first-order valence-electron chi connectivity index (χ1n) is 6.14. The lowest BCUT2D eigenvalue weighted by Crippen LogP contribution is -2.30. The smallest absolute Gasteiger partial charge is 0.265 e. The van der Waals surface area contributed by atoms with Crippen LogP contribution in [0.3, 0.4) is 0 Å². The number of anilines is 1. The quantitative estimate of drug-likeness (QED) is 0.926. The first-order valence-corrected chi connectivity index (χ1v) is 6.51. The predicted molar refractivity (Wildman–Crippen MR) is 76.5 cm³/mol. The van der Waals surface area contributed by atoms with E-state index >= 15 is 0 Å². The monoisotopic (exact) mass is 311 g/mol. The van der Waals surface area contributed by atoms with Crippen LogP contribution in [0.5, 0.6) is 5.75 Å². The van der Waals surface area contributed by atoms with Crippen LogP contribution in [0.4, 0.5) is 14.5 Å². The van der Waals surface area contributed by atoms with E-state index in [1.807, 2.05) is 0 Å². The van der Waals surface area contributed by atoms with Gasteiger partial charge in [-0.2, -0.15) is 0 Å². The number of carbonyl (C=O) groups is 1. The highest BCUT2D eigenvalue weighted by Gasteiger charge is 2.17. The van der Waals surface area contributed by atoms with Gasteiger partial charge >= 0.3 is 0 Å². The SMILES string of the molecule is C[C@@H](Oc1cccc(Cl)c1)C(=O)Nc1cc(F)ccc1F. The van der Waals surface area contributed by atoms with Crippen LogP contribution in [0.1, 0.15) is 6.92 Å². The molecule has 0 unspecified atom stereocenters. The minimum Gasteiger partial charge on any atom is -0.481 e. The third-order valence-electron chi connectivity index (χ3n) is 2.66. The van der Waals surface area contributed by atoms with E-state index in [4.69, 9.17) is 16.3 Å². The second-order valence-electron chi connectivity index (χ2n) is 4.33. The molecule has 0 saturated carbocycles. The van der Waals surface area contributed by atoms with Gasteiger partial charge < -0.3 is 10.1 Å². The summed E-state index contributed by atoms with van der Waals surface area (Å²) < 4.78 is 31.8. The molecular formula is C15H12ClF2NO2. The molecule has 0 aromatic heterocycles. The Morgan fingerprint density at radius 1 is 1.24 bits per heavy atom. The summed E-state index contributed by atoms with van der Waals surface area (Å²) in [6.45, 7) is 1.49. The molecule has 2 aromatic carbocycles. The number of amides is 1. The first-order chi connectivity index (χ1) is 9.95. The molecule has 0 spiro atoms. The number of benzene rings is 2. The zero-order chi connectivity index (χ0) is 15.4. The van der Waals surface area contributed by atoms with Crippen molar-refractivity contribution in [2.45, 2.75) is 13.0 Å². The Morgan fingerprint density at radius 3 is 2.71 bits per heavy atom. The third-order valence-corrected chi connectivity index (χ3v) is 2.90. The zero-order valence-corrected chi connectivity index (χ0v) is 11.8. The molecule has 0 bridgehead atoms. The number of hydrogen-bond acceptors (Lipinski definition) is 2. The maximum atomic E-state index is 13.4. The minimum atomic E-state index is -0.897. The molecule has 1 atom stereocenters. The summed E-state index contributed by atoms with van der Waals surface area (Å²) in [6.07, 6.45) is -0.897. The minimum absolute atomic E-state index is 0.235. The number of nitrogens with one attached hydrogen (secondary N) is 1. The predicted octanol–water partition coefficient (Wildman–Crippen LogP) is 4.02. The average molecular weight is 312 g/mol. The van der Waals surface area contributed by atoms with Crippen LogP contribution in [0.2, 0.25) is 5.02 Å². The highest BCUT2D eigenvalue weighted by molar-refractivity contribution is 6.30. The van der Waals surface area contributed by atoms with Gasteiger partial charge in [0.1, 0.15) is 17.4 Å². The average Bonchev–Trinajstić information content (AvgIpc) is 2.43. The molecule has 0 fully saturated rings. The number of hydrogen-bond donors (Lipinski definition) is 1.